The quantitative estimate of drug-likeness (QED) is 0.684. The summed E-state index contributed by atoms with van der Waals surface area (Å²) in [4.78, 5) is 16.0. The minimum atomic E-state index is -0.426. The highest BCUT2D eigenvalue weighted by Gasteiger charge is 2.13. The summed E-state index contributed by atoms with van der Waals surface area (Å²) in [6, 6.07) is 0. The molecule has 0 radical (unpaired) electrons. The fraction of sp³-hybridized carbons (Fsp3) is 0.167. The van der Waals surface area contributed by atoms with E-state index >= 15 is 0 Å². The van der Waals surface area contributed by atoms with E-state index < -0.39 is 5.91 Å². The van der Waals surface area contributed by atoms with Gasteiger partial charge in [0.1, 0.15) is 11.2 Å². The lowest BCUT2D eigenvalue weighted by atomic mass is 10.4. The second-order valence-electron chi connectivity index (χ2n) is 2.34. The topological polar surface area (TPSA) is 73.3 Å². The number of nitrogens with zero attached hydrogens (tertiary/aromatic N) is 3. The summed E-state index contributed by atoms with van der Waals surface area (Å²) < 4.78 is 1.60. The average molecular weight is 182 g/mol. The fourth-order valence-corrected chi connectivity index (χ4v) is 1.91. The number of carbonyl (C=O) groups excluding carboxylic acids is 1. The van der Waals surface area contributed by atoms with Crippen molar-refractivity contribution < 1.29 is 4.79 Å². The number of hydrogen-bond donors (Lipinski definition) is 1. The third kappa shape index (κ3) is 0.814. The first kappa shape index (κ1) is 7.23. The molecule has 0 atom stereocenters. The maximum Gasteiger partial charge on any atom is 0.260 e. The molecule has 6 heteroatoms. The average Bonchev–Trinajstić information content (AvgIpc) is 2.53. The van der Waals surface area contributed by atoms with Crippen molar-refractivity contribution in [3.05, 3.63) is 16.9 Å². The van der Waals surface area contributed by atoms with Crippen LogP contribution in [0.1, 0.15) is 15.4 Å². The Morgan fingerprint density at radius 1 is 1.75 bits per heavy atom. The van der Waals surface area contributed by atoms with Gasteiger partial charge in [-0.2, -0.15) is 5.10 Å². The third-order valence-electron chi connectivity index (χ3n) is 1.58. The van der Waals surface area contributed by atoms with E-state index in [1.807, 2.05) is 0 Å². The predicted octanol–water partition coefficient (Wildman–Crippen LogP) is 0.198. The maximum atomic E-state index is 10.9. The van der Waals surface area contributed by atoms with Crippen molar-refractivity contribution in [1.82, 2.24) is 14.6 Å². The van der Waals surface area contributed by atoms with Crippen molar-refractivity contribution in [3.8, 4) is 0 Å². The first-order chi connectivity index (χ1) is 5.70. The molecular weight excluding hydrogens is 176 g/mol. The molecule has 0 fully saturated rings. The van der Waals surface area contributed by atoms with Crippen LogP contribution in [0.25, 0.3) is 4.96 Å². The van der Waals surface area contributed by atoms with Crippen LogP contribution in [-0.4, -0.2) is 20.5 Å². The molecule has 0 unspecified atom stereocenters. The lowest BCUT2D eigenvalue weighted by Crippen LogP contribution is -2.10. The van der Waals surface area contributed by atoms with E-state index in [0.29, 0.717) is 9.84 Å². The van der Waals surface area contributed by atoms with Gasteiger partial charge in [-0.15, -0.1) is 0 Å². The lowest BCUT2D eigenvalue weighted by Gasteiger charge is -1.89. The van der Waals surface area contributed by atoms with Gasteiger partial charge in [0.15, 0.2) is 0 Å². The summed E-state index contributed by atoms with van der Waals surface area (Å²) in [7, 11) is 0. The maximum absolute atomic E-state index is 10.9. The van der Waals surface area contributed by atoms with Gasteiger partial charge in [-0.1, -0.05) is 11.3 Å². The van der Waals surface area contributed by atoms with E-state index in [9.17, 15) is 4.79 Å². The van der Waals surface area contributed by atoms with Crippen LogP contribution in [-0.2, 0) is 0 Å². The van der Waals surface area contributed by atoms with E-state index in [4.69, 9.17) is 5.73 Å². The second kappa shape index (κ2) is 2.28. The third-order valence-corrected chi connectivity index (χ3v) is 2.74. The number of aromatic nitrogens is 3. The van der Waals surface area contributed by atoms with E-state index in [-0.39, 0.29) is 0 Å². The van der Waals surface area contributed by atoms with Gasteiger partial charge in [-0.05, 0) is 6.92 Å². The zero-order valence-corrected chi connectivity index (χ0v) is 7.13. The van der Waals surface area contributed by atoms with Crippen molar-refractivity contribution in [3.63, 3.8) is 0 Å². The normalized spacial score (nSPS) is 10.8. The molecule has 0 saturated carbocycles. The monoisotopic (exact) mass is 182 g/mol. The number of thiazole rings is 1. The van der Waals surface area contributed by atoms with Crippen molar-refractivity contribution in [2.24, 2.45) is 5.73 Å². The molecule has 2 N–H and O–H groups in total. The van der Waals surface area contributed by atoms with Crippen LogP contribution < -0.4 is 5.73 Å². The van der Waals surface area contributed by atoms with Crippen LogP contribution in [0.3, 0.4) is 0 Å². The largest absolute Gasteiger partial charge is 0.365 e. The molecule has 0 aliphatic carbocycles. The molecule has 0 aliphatic rings. The van der Waals surface area contributed by atoms with Gasteiger partial charge in [0.05, 0.1) is 5.69 Å². The molecule has 62 valence electrons. The zero-order valence-electron chi connectivity index (χ0n) is 6.31. The number of fused-ring (bicyclic) bond motifs is 1. The highest BCUT2D eigenvalue weighted by atomic mass is 32.1. The Balaban J connectivity index is 2.78. The molecule has 2 aromatic rings. The highest BCUT2D eigenvalue weighted by Crippen LogP contribution is 2.19. The molecule has 2 rings (SSSR count). The number of nitrogens with two attached hydrogens (primary N) is 1. The zero-order chi connectivity index (χ0) is 8.72. The predicted molar refractivity (Wildman–Crippen MR) is 44.1 cm³/mol. The standard InChI is InChI=1S/C6H6N4OS/c1-3-4(5(7)11)12-6-8-2-9-10(3)6/h2H,1H3,(H2,7,11). The van der Waals surface area contributed by atoms with Gasteiger partial charge in [-0.25, -0.2) is 9.50 Å². The Hall–Kier alpha value is -1.43. The summed E-state index contributed by atoms with van der Waals surface area (Å²) >= 11 is 1.25. The van der Waals surface area contributed by atoms with Gasteiger partial charge in [0.2, 0.25) is 4.96 Å². The Labute approximate surface area is 71.8 Å². The number of primary amides is 1. The van der Waals surface area contributed by atoms with Crippen LogP contribution in [0.15, 0.2) is 6.33 Å². The second-order valence-corrected chi connectivity index (χ2v) is 3.31. The van der Waals surface area contributed by atoms with Crippen LogP contribution in [0.5, 0.6) is 0 Å². The van der Waals surface area contributed by atoms with Crippen LogP contribution in [0, 0.1) is 6.92 Å². The van der Waals surface area contributed by atoms with Gasteiger partial charge in [-0.3, -0.25) is 4.79 Å². The van der Waals surface area contributed by atoms with Gasteiger partial charge in [0.25, 0.3) is 5.91 Å². The summed E-state index contributed by atoms with van der Waals surface area (Å²) in [5, 5.41) is 3.93. The fourth-order valence-electron chi connectivity index (χ4n) is 1.02. The molecule has 0 aliphatic heterocycles. The van der Waals surface area contributed by atoms with E-state index in [1.54, 1.807) is 11.4 Å². The summed E-state index contributed by atoms with van der Waals surface area (Å²) in [6.07, 6.45) is 1.45. The van der Waals surface area contributed by atoms with Crippen molar-refractivity contribution in [2.75, 3.05) is 0 Å². The minimum absolute atomic E-state index is 0.426. The van der Waals surface area contributed by atoms with Gasteiger partial charge >= 0.3 is 0 Å². The molecular formula is C6H6N4OS. The van der Waals surface area contributed by atoms with Gasteiger partial charge in [0, 0.05) is 0 Å². The van der Waals surface area contributed by atoms with E-state index in [1.165, 1.54) is 17.7 Å². The van der Waals surface area contributed by atoms with E-state index in [0.717, 1.165) is 5.69 Å². The Morgan fingerprint density at radius 3 is 3.08 bits per heavy atom. The SMILES string of the molecule is Cc1c(C(N)=O)sc2ncnn12. The number of aryl methyl sites for hydroxylation is 1. The van der Waals surface area contributed by atoms with Crippen LogP contribution in [0.2, 0.25) is 0 Å². The summed E-state index contributed by atoms with van der Waals surface area (Å²) in [6.45, 7) is 1.79. The Morgan fingerprint density at radius 2 is 2.50 bits per heavy atom. The molecule has 0 saturated heterocycles. The Bertz CT molecular complexity index is 443. The first-order valence-electron chi connectivity index (χ1n) is 3.29. The van der Waals surface area contributed by atoms with Crippen LogP contribution >= 0.6 is 11.3 Å². The first-order valence-corrected chi connectivity index (χ1v) is 4.10. The van der Waals surface area contributed by atoms with Gasteiger partial charge < -0.3 is 5.73 Å². The summed E-state index contributed by atoms with van der Waals surface area (Å²) in [5.74, 6) is -0.426. The number of hydrogen-bond acceptors (Lipinski definition) is 4. The smallest absolute Gasteiger partial charge is 0.260 e. The molecule has 1 amide bonds. The molecule has 5 nitrogen and oxygen atoms in total. The minimum Gasteiger partial charge on any atom is -0.365 e. The lowest BCUT2D eigenvalue weighted by molar-refractivity contribution is 0.100. The van der Waals surface area contributed by atoms with Crippen molar-refractivity contribution >= 4 is 22.2 Å². The number of carbonyl (C=O) groups is 1. The number of amides is 1. The molecule has 2 aromatic heterocycles. The molecule has 0 bridgehead atoms. The molecule has 0 spiro atoms. The summed E-state index contributed by atoms with van der Waals surface area (Å²) in [5.41, 5.74) is 5.89. The van der Waals surface area contributed by atoms with Crippen LogP contribution in [0.4, 0.5) is 0 Å². The van der Waals surface area contributed by atoms with Crippen molar-refractivity contribution in [2.45, 2.75) is 6.92 Å². The molecule has 2 heterocycles. The van der Waals surface area contributed by atoms with E-state index in [2.05, 4.69) is 10.1 Å². The number of rotatable bonds is 1. The highest BCUT2D eigenvalue weighted by molar-refractivity contribution is 7.19. The molecule has 0 aromatic carbocycles. The molecule has 12 heavy (non-hydrogen) atoms. The Kier molecular flexibility index (Phi) is 1.37. The van der Waals surface area contributed by atoms with Crippen molar-refractivity contribution in [1.29, 1.82) is 0 Å².